The maximum Gasteiger partial charge on any atom is 0.279 e. The summed E-state index contributed by atoms with van der Waals surface area (Å²) in [5, 5.41) is 0. The van der Waals surface area contributed by atoms with Gasteiger partial charge >= 0.3 is 0 Å². The molecule has 0 aliphatic carbocycles. The molecule has 1 saturated heterocycles. The maximum absolute atomic E-state index is 12.1. The Hall–Kier alpha value is -3.06. The van der Waals surface area contributed by atoms with Crippen LogP contribution in [0.15, 0.2) is 54.6 Å². The van der Waals surface area contributed by atoms with Gasteiger partial charge in [0.2, 0.25) is 5.91 Å². The van der Waals surface area contributed by atoms with Crippen LogP contribution < -0.4 is 20.5 Å². The molecule has 0 radical (unpaired) electrons. The third-order valence-electron chi connectivity index (χ3n) is 5.15. The maximum atomic E-state index is 12.1. The van der Waals surface area contributed by atoms with Gasteiger partial charge in [0.25, 0.3) is 5.91 Å². The summed E-state index contributed by atoms with van der Waals surface area (Å²) < 4.78 is 5.61. The summed E-state index contributed by atoms with van der Waals surface area (Å²) in [6, 6.07) is 17.8. The minimum absolute atomic E-state index is 0.211. The Morgan fingerprint density at radius 2 is 1.73 bits per heavy atom. The molecule has 7 heteroatoms. The lowest BCUT2D eigenvalue weighted by molar-refractivity contribution is -0.132. The molecule has 1 aliphatic heterocycles. The van der Waals surface area contributed by atoms with E-state index in [0.29, 0.717) is 18.7 Å². The standard InChI is InChI=1S/C23H30N4O3/c1-18-7-6-10-21(17-18)30-19(2)23(29)25-24-22(28)11-12-26-13-15-27(16-14-26)20-8-4-3-5-9-20/h3-10,17,19H,11-16H2,1-2H3,(H,24,28)(H,25,29)/t19-/m1/s1. The number of ether oxygens (including phenoxy) is 1. The number of hydrazine groups is 1. The SMILES string of the molecule is Cc1cccc(O[C@H](C)C(=O)NNC(=O)CCN2CCN(c3ccccc3)CC2)c1. The predicted molar refractivity (Wildman–Crippen MR) is 117 cm³/mol. The second kappa shape index (κ2) is 10.6. The smallest absolute Gasteiger partial charge is 0.279 e. The molecule has 2 aromatic carbocycles. The fourth-order valence-electron chi connectivity index (χ4n) is 3.37. The minimum atomic E-state index is -0.710. The van der Waals surface area contributed by atoms with Gasteiger partial charge < -0.3 is 9.64 Å². The molecule has 1 fully saturated rings. The van der Waals surface area contributed by atoms with E-state index in [1.54, 1.807) is 13.0 Å². The lowest BCUT2D eigenvalue weighted by Gasteiger charge is -2.36. The van der Waals surface area contributed by atoms with Crippen LogP contribution in [-0.2, 0) is 9.59 Å². The van der Waals surface area contributed by atoms with E-state index in [2.05, 4.69) is 32.8 Å². The molecule has 1 aliphatic rings. The molecule has 0 unspecified atom stereocenters. The summed E-state index contributed by atoms with van der Waals surface area (Å²) in [5.74, 6) is 0.0246. The van der Waals surface area contributed by atoms with E-state index >= 15 is 0 Å². The molecule has 160 valence electrons. The first-order chi connectivity index (χ1) is 14.5. The average Bonchev–Trinajstić information content (AvgIpc) is 2.77. The zero-order valence-corrected chi connectivity index (χ0v) is 17.6. The fraction of sp³-hybridized carbons (Fsp3) is 0.391. The van der Waals surface area contributed by atoms with Crippen molar-refractivity contribution in [3.05, 3.63) is 60.2 Å². The first-order valence-electron chi connectivity index (χ1n) is 10.4. The van der Waals surface area contributed by atoms with Crippen LogP contribution in [0.4, 0.5) is 5.69 Å². The Bertz CT molecular complexity index is 835. The van der Waals surface area contributed by atoms with E-state index in [-0.39, 0.29) is 11.8 Å². The molecule has 3 rings (SSSR count). The van der Waals surface area contributed by atoms with E-state index in [0.717, 1.165) is 31.7 Å². The highest BCUT2D eigenvalue weighted by Gasteiger charge is 2.19. The number of carbonyl (C=O) groups excluding carboxylic acids is 2. The molecule has 0 saturated carbocycles. The highest BCUT2D eigenvalue weighted by molar-refractivity contribution is 5.84. The Morgan fingerprint density at radius 1 is 1.00 bits per heavy atom. The van der Waals surface area contributed by atoms with Crippen molar-refractivity contribution in [2.75, 3.05) is 37.6 Å². The number of nitrogens with zero attached hydrogens (tertiary/aromatic N) is 2. The van der Waals surface area contributed by atoms with Crippen molar-refractivity contribution < 1.29 is 14.3 Å². The average molecular weight is 411 g/mol. The van der Waals surface area contributed by atoms with Crippen LogP contribution in [0.2, 0.25) is 0 Å². The monoisotopic (exact) mass is 410 g/mol. The third-order valence-corrected chi connectivity index (χ3v) is 5.15. The summed E-state index contributed by atoms with van der Waals surface area (Å²) in [6.45, 7) is 7.98. The Morgan fingerprint density at radius 3 is 2.43 bits per heavy atom. The molecule has 0 bridgehead atoms. The van der Waals surface area contributed by atoms with Gasteiger partial charge in [-0.3, -0.25) is 25.3 Å². The zero-order valence-electron chi connectivity index (χ0n) is 17.6. The number of rotatable bonds is 7. The van der Waals surface area contributed by atoms with Gasteiger partial charge in [-0.1, -0.05) is 30.3 Å². The highest BCUT2D eigenvalue weighted by Crippen LogP contribution is 2.16. The van der Waals surface area contributed by atoms with Gasteiger partial charge in [0.1, 0.15) is 5.75 Å². The van der Waals surface area contributed by atoms with Crippen molar-refractivity contribution in [2.45, 2.75) is 26.4 Å². The van der Waals surface area contributed by atoms with Crippen LogP contribution in [0, 0.1) is 6.92 Å². The molecule has 30 heavy (non-hydrogen) atoms. The van der Waals surface area contributed by atoms with Gasteiger partial charge in [-0.15, -0.1) is 0 Å². The molecule has 1 atom stereocenters. The van der Waals surface area contributed by atoms with Crippen molar-refractivity contribution in [3.63, 3.8) is 0 Å². The number of nitrogens with one attached hydrogen (secondary N) is 2. The number of benzene rings is 2. The Balaban J connectivity index is 1.32. The van der Waals surface area contributed by atoms with Gasteiger partial charge in [0.05, 0.1) is 0 Å². The summed E-state index contributed by atoms with van der Waals surface area (Å²) in [6.07, 6.45) is -0.378. The topological polar surface area (TPSA) is 73.9 Å². The number of hydrogen-bond donors (Lipinski definition) is 2. The van der Waals surface area contributed by atoms with Crippen LogP contribution in [0.1, 0.15) is 18.9 Å². The van der Waals surface area contributed by atoms with Gasteiger partial charge in [0.15, 0.2) is 6.10 Å². The van der Waals surface area contributed by atoms with Crippen LogP contribution in [0.5, 0.6) is 5.75 Å². The largest absolute Gasteiger partial charge is 0.481 e. The molecule has 7 nitrogen and oxygen atoms in total. The van der Waals surface area contributed by atoms with E-state index in [1.165, 1.54) is 5.69 Å². The first kappa shape index (κ1) is 21.6. The normalized spacial score (nSPS) is 15.3. The van der Waals surface area contributed by atoms with Crippen LogP contribution in [0.3, 0.4) is 0 Å². The van der Waals surface area contributed by atoms with E-state index < -0.39 is 6.10 Å². The van der Waals surface area contributed by atoms with Crippen LogP contribution in [-0.4, -0.2) is 55.5 Å². The Kier molecular flexibility index (Phi) is 7.68. The molecular formula is C23H30N4O3. The summed E-state index contributed by atoms with van der Waals surface area (Å²) >= 11 is 0. The van der Waals surface area contributed by atoms with Crippen molar-refractivity contribution in [3.8, 4) is 5.75 Å². The molecule has 2 aromatic rings. The number of carbonyl (C=O) groups is 2. The summed E-state index contributed by atoms with van der Waals surface area (Å²) in [7, 11) is 0. The number of anilines is 1. The quantitative estimate of drug-likeness (QED) is 0.684. The zero-order chi connectivity index (χ0) is 21.3. The molecule has 0 spiro atoms. The van der Waals surface area contributed by atoms with Crippen LogP contribution in [0.25, 0.3) is 0 Å². The van der Waals surface area contributed by atoms with Crippen molar-refractivity contribution >= 4 is 17.5 Å². The predicted octanol–water partition coefficient (Wildman–Crippen LogP) is 2.12. The number of hydrogen-bond acceptors (Lipinski definition) is 5. The first-order valence-corrected chi connectivity index (χ1v) is 10.4. The fourth-order valence-corrected chi connectivity index (χ4v) is 3.37. The number of amides is 2. The number of para-hydroxylation sites is 1. The highest BCUT2D eigenvalue weighted by atomic mass is 16.5. The van der Waals surface area contributed by atoms with Gasteiger partial charge in [-0.2, -0.15) is 0 Å². The van der Waals surface area contributed by atoms with Gasteiger partial charge in [0, 0.05) is 44.8 Å². The third kappa shape index (κ3) is 6.49. The van der Waals surface area contributed by atoms with Gasteiger partial charge in [-0.25, -0.2) is 0 Å². The molecule has 2 N–H and O–H groups in total. The molecule has 1 heterocycles. The van der Waals surface area contributed by atoms with Crippen LogP contribution >= 0.6 is 0 Å². The minimum Gasteiger partial charge on any atom is -0.481 e. The number of aryl methyl sites for hydroxylation is 1. The summed E-state index contributed by atoms with van der Waals surface area (Å²) in [5.41, 5.74) is 7.21. The second-order valence-electron chi connectivity index (χ2n) is 7.53. The van der Waals surface area contributed by atoms with E-state index in [4.69, 9.17) is 4.74 Å². The van der Waals surface area contributed by atoms with Crippen molar-refractivity contribution in [2.24, 2.45) is 0 Å². The lowest BCUT2D eigenvalue weighted by atomic mass is 10.2. The van der Waals surface area contributed by atoms with E-state index in [9.17, 15) is 9.59 Å². The van der Waals surface area contributed by atoms with E-state index in [1.807, 2.05) is 43.3 Å². The Labute approximate surface area is 178 Å². The van der Waals surface area contributed by atoms with Crippen molar-refractivity contribution in [1.29, 1.82) is 0 Å². The van der Waals surface area contributed by atoms with Crippen molar-refractivity contribution in [1.82, 2.24) is 15.8 Å². The lowest BCUT2D eigenvalue weighted by Crippen LogP contribution is -2.49. The molecule has 2 amide bonds. The molecule has 0 aromatic heterocycles. The van der Waals surface area contributed by atoms with Gasteiger partial charge in [-0.05, 0) is 43.7 Å². The summed E-state index contributed by atoms with van der Waals surface area (Å²) in [4.78, 5) is 28.9. The number of piperazine rings is 1. The molecular weight excluding hydrogens is 380 g/mol. The second-order valence-corrected chi connectivity index (χ2v) is 7.53.